The summed E-state index contributed by atoms with van der Waals surface area (Å²) in [7, 11) is 0. The van der Waals surface area contributed by atoms with Gasteiger partial charge >= 0.3 is 0 Å². The van der Waals surface area contributed by atoms with Crippen LogP contribution in [0.5, 0.6) is 0 Å². The van der Waals surface area contributed by atoms with Gasteiger partial charge in [-0.15, -0.1) is 0 Å². The average Bonchev–Trinajstić information content (AvgIpc) is 3.04. The van der Waals surface area contributed by atoms with Crippen LogP contribution in [0.2, 0.25) is 5.02 Å². The zero-order valence-corrected chi connectivity index (χ0v) is 14.3. The predicted octanol–water partition coefficient (Wildman–Crippen LogP) is 2.01. The fraction of sp³-hybridized carbons (Fsp3) is 0.111. The second-order valence-electron chi connectivity index (χ2n) is 5.81. The second-order valence-corrected chi connectivity index (χ2v) is 6.24. The highest BCUT2D eigenvalue weighted by Crippen LogP contribution is 2.12. The van der Waals surface area contributed by atoms with Gasteiger partial charge in [0, 0.05) is 17.8 Å². The minimum Gasteiger partial charge on any atom is -0.349 e. The molecule has 0 aliphatic rings. The predicted molar refractivity (Wildman–Crippen MR) is 98.1 cm³/mol. The molecule has 0 spiro atoms. The number of rotatable bonds is 4. The molecule has 0 bridgehead atoms. The Kier molecular flexibility index (Phi) is 4.14. The van der Waals surface area contributed by atoms with Crippen molar-refractivity contribution in [3.8, 4) is 0 Å². The highest BCUT2D eigenvalue weighted by molar-refractivity contribution is 6.30. The number of benzene rings is 1. The number of pyridine rings is 1. The van der Waals surface area contributed by atoms with Crippen LogP contribution in [0.15, 0.2) is 59.8 Å². The molecule has 0 aliphatic heterocycles. The molecule has 8 heteroatoms. The maximum absolute atomic E-state index is 12.3. The minimum atomic E-state index is -0.221. The molecule has 0 atom stereocenters. The van der Waals surface area contributed by atoms with Gasteiger partial charge in [-0.2, -0.15) is 5.10 Å². The molecule has 3 heterocycles. The Bertz CT molecular complexity index is 1180. The van der Waals surface area contributed by atoms with Crippen LogP contribution in [-0.4, -0.2) is 25.1 Å². The maximum atomic E-state index is 12.3. The van der Waals surface area contributed by atoms with Crippen LogP contribution in [0.25, 0.3) is 16.6 Å². The highest BCUT2D eigenvalue weighted by atomic mass is 35.5. The quantitative estimate of drug-likeness (QED) is 0.598. The number of carbonyl (C=O) groups is 1. The summed E-state index contributed by atoms with van der Waals surface area (Å²) in [6.45, 7) is 0.302. The van der Waals surface area contributed by atoms with Gasteiger partial charge in [0.1, 0.15) is 12.2 Å². The van der Waals surface area contributed by atoms with E-state index in [0.29, 0.717) is 15.9 Å². The topological polar surface area (TPSA) is 81.3 Å². The number of nitrogens with one attached hydrogen (secondary N) is 1. The summed E-state index contributed by atoms with van der Waals surface area (Å²) in [6.07, 6.45) is 4.79. The number of nitrogens with zero attached hydrogens (tertiary/aromatic N) is 4. The van der Waals surface area contributed by atoms with Crippen molar-refractivity contribution in [2.24, 2.45) is 0 Å². The summed E-state index contributed by atoms with van der Waals surface area (Å²) in [4.78, 5) is 28.5. The van der Waals surface area contributed by atoms with Crippen molar-refractivity contribution in [2.45, 2.75) is 13.1 Å². The number of hydrogen-bond acceptors (Lipinski definition) is 4. The third-order valence-electron chi connectivity index (χ3n) is 3.99. The van der Waals surface area contributed by atoms with E-state index in [1.165, 1.54) is 10.9 Å². The molecule has 3 aromatic heterocycles. The Labute approximate surface area is 152 Å². The van der Waals surface area contributed by atoms with Crippen LogP contribution in [-0.2, 0) is 17.9 Å². The molecular formula is C18H14ClN5O2. The SMILES string of the molecule is O=C(Cn1ncc(=O)c2ccccc21)NCc1cn2cc(Cl)ccc2n1. The Morgan fingerprint density at radius 1 is 1.15 bits per heavy atom. The largest absolute Gasteiger partial charge is 0.349 e. The lowest BCUT2D eigenvalue weighted by atomic mass is 10.2. The van der Waals surface area contributed by atoms with Crippen LogP contribution in [0.1, 0.15) is 5.69 Å². The van der Waals surface area contributed by atoms with E-state index < -0.39 is 0 Å². The molecule has 0 saturated carbocycles. The molecular weight excluding hydrogens is 354 g/mol. The van der Waals surface area contributed by atoms with Crippen LogP contribution in [0.3, 0.4) is 0 Å². The molecule has 1 aromatic carbocycles. The minimum absolute atomic E-state index is 0.0139. The summed E-state index contributed by atoms with van der Waals surface area (Å²) in [5.74, 6) is -0.221. The molecule has 26 heavy (non-hydrogen) atoms. The standard InChI is InChI=1S/C18H14ClN5O2/c19-12-5-6-17-22-13(10-23(17)9-12)7-20-18(26)11-24-15-4-2-1-3-14(15)16(25)8-21-24/h1-6,8-10H,7,11H2,(H,20,26). The molecule has 130 valence electrons. The van der Waals surface area contributed by atoms with Crippen LogP contribution < -0.4 is 10.7 Å². The first-order valence-electron chi connectivity index (χ1n) is 7.95. The number of fused-ring (bicyclic) bond motifs is 2. The van der Waals surface area contributed by atoms with E-state index in [1.807, 2.05) is 12.3 Å². The zero-order valence-electron chi connectivity index (χ0n) is 13.6. The molecule has 1 N–H and O–H groups in total. The van der Waals surface area contributed by atoms with Gasteiger partial charge in [-0.05, 0) is 24.3 Å². The molecule has 4 rings (SSSR count). The van der Waals surface area contributed by atoms with Crippen LogP contribution in [0, 0.1) is 0 Å². The van der Waals surface area contributed by atoms with Crippen molar-refractivity contribution >= 4 is 34.1 Å². The molecule has 0 aliphatic carbocycles. The Hall–Kier alpha value is -3.19. The third kappa shape index (κ3) is 3.16. The number of carbonyl (C=O) groups excluding carboxylic acids is 1. The molecule has 7 nitrogen and oxygen atoms in total. The van der Waals surface area contributed by atoms with Gasteiger partial charge in [0.25, 0.3) is 0 Å². The second kappa shape index (κ2) is 6.61. The Morgan fingerprint density at radius 3 is 2.88 bits per heavy atom. The number of imidazole rings is 1. The van der Waals surface area contributed by atoms with Crippen molar-refractivity contribution in [3.63, 3.8) is 0 Å². The first-order valence-corrected chi connectivity index (χ1v) is 8.33. The van der Waals surface area contributed by atoms with E-state index in [0.717, 1.165) is 11.3 Å². The molecule has 4 aromatic rings. The summed E-state index contributed by atoms with van der Waals surface area (Å²) in [6, 6.07) is 10.6. The lowest BCUT2D eigenvalue weighted by molar-refractivity contribution is -0.121. The fourth-order valence-electron chi connectivity index (χ4n) is 2.77. The van der Waals surface area contributed by atoms with Crippen molar-refractivity contribution in [1.82, 2.24) is 24.5 Å². The monoisotopic (exact) mass is 367 g/mol. The van der Waals surface area contributed by atoms with Crippen molar-refractivity contribution in [1.29, 1.82) is 0 Å². The summed E-state index contributed by atoms with van der Waals surface area (Å²) in [5, 5.41) is 8.02. The van der Waals surface area contributed by atoms with Gasteiger partial charge in [0.05, 0.1) is 29.0 Å². The van der Waals surface area contributed by atoms with E-state index in [9.17, 15) is 9.59 Å². The number of hydrogen-bond donors (Lipinski definition) is 1. The lowest BCUT2D eigenvalue weighted by Gasteiger charge is -2.09. The molecule has 0 unspecified atom stereocenters. The van der Waals surface area contributed by atoms with E-state index in [1.54, 1.807) is 40.9 Å². The van der Waals surface area contributed by atoms with Gasteiger partial charge in [0.2, 0.25) is 11.3 Å². The van der Waals surface area contributed by atoms with Gasteiger partial charge in [0.15, 0.2) is 0 Å². The van der Waals surface area contributed by atoms with E-state index >= 15 is 0 Å². The first kappa shape index (κ1) is 16.3. The molecule has 1 amide bonds. The zero-order chi connectivity index (χ0) is 18.1. The van der Waals surface area contributed by atoms with E-state index in [2.05, 4.69) is 15.4 Å². The van der Waals surface area contributed by atoms with Gasteiger partial charge in [-0.25, -0.2) is 4.98 Å². The Balaban J connectivity index is 1.49. The third-order valence-corrected chi connectivity index (χ3v) is 4.21. The van der Waals surface area contributed by atoms with E-state index in [4.69, 9.17) is 11.6 Å². The van der Waals surface area contributed by atoms with Crippen molar-refractivity contribution in [2.75, 3.05) is 0 Å². The lowest BCUT2D eigenvalue weighted by Crippen LogP contribution is -2.28. The van der Waals surface area contributed by atoms with Crippen LogP contribution in [0.4, 0.5) is 0 Å². The smallest absolute Gasteiger partial charge is 0.242 e. The van der Waals surface area contributed by atoms with Gasteiger partial charge < -0.3 is 9.72 Å². The number of halogens is 1. The van der Waals surface area contributed by atoms with Crippen molar-refractivity contribution in [3.05, 3.63) is 75.9 Å². The summed E-state index contributed by atoms with van der Waals surface area (Å²) >= 11 is 5.95. The highest BCUT2D eigenvalue weighted by Gasteiger charge is 2.09. The maximum Gasteiger partial charge on any atom is 0.242 e. The summed E-state index contributed by atoms with van der Waals surface area (Å²) < 4.78 is 3.32. The van der Waals surface area contributed by atoms with Gasteiger partial charge in [-0.1, -0.05) is 23.7 Å². The van der Waals surface area contributed by atoms with Gasteiger partial charge in [-0.3, -0.25) is 14.3 Å². The molecule has 0 radical (unpaired) electrons. The van der Waals surface area contributed by atoms with Crippen LogP contribution >= 0.6 is 11.6 Å². The number of para-hydroxylation sites is 1. The fourth-order valence-corrected chi connectivity index (χ4v) is 2.94. The van der Waals surface area contributed by atoms with Crippen molar-refractivity contribution < 1.29 is 4.79 Å². The average molecular weight is 368 g/mol. The summed E-state index contributed by atoms with van der Waals surface area (Å²) in [5.41, 5.74) is 1.93. The van der Waals surface area contributed by atoms with E-state index in [-0.39, 0.29) is 24.4 Å². The number of aromatic nitrogens is 4. The normalized spacial score (nSPS) is 11.1. The molecule has 0 saturated heterocycles. The molecule has 0 fully saturated rings. The number of amides is 1. The Morgan fingerprint density at radius 2 is 2.00 bits per heavy atom. The first-order chi connectivity index (χ1) is 12.6.